The lowest BCUT2D eigenvalue weighted by Gasteiger charge is -2.18. The quantitative estimate of drug-likeness (QED) is 0.776. The van der Waals surface area contributed by atoms with Gasteiger partial charge >= 0.3 is 12.1 Å². The Morgan fingerprint density at radius 2 is 2.05 bits per heavy atom. The number of fused-ring (bicyclic) bond motifs is 1. The molecule has 19 heavy (non-hydrogen) atoms. The fourth-order valence-corrected chi connectivity index (χ4v) is 1.87. The molecular weight excluding hydrogens is 261 g/mol. The van der Waals surface area contributed by atoms with Crippen LogP contribution in [-0.2, 0) is 16.0 Å². The maximum atomic E-state index is 12.2. The zero-order chi connectivity index (χ0) is 14.0. The Morgan fingerprint density at radius 3 is 2.68 bits per heavy atom. The summed E-state index contributed by atoms with van der Waals surface area (Å²) >= 11 is 0. The van der Waals surface area contributed by atoms with E-state index in [0.29, 0.717) is 24.2 Å². The highest BCUT2D eigenvalue weighted by Gasteiger charge is 2.42. The van der Waals surface area contributed by atoms with Crippen molar-refractivity contribution < 1.29 is 27.4 Å². The smallest absolute Gasteiger partial charge is 0.491 e. The first-order valence-corrected chi connectivity index (χ1v) is 5.58. The van der Waals surface area contributed by atoms with Crippen molar-refractivity contribution in [3.8, 4) is 5.75 Å². The molecule has 6 heteroatoms. The Hall–Kier alpha value is -1.98. The third-order valence-electron chi connectivity index (χ3n) is 2.76. The van der Waals surface area contributed by atoms with E-state index >= 15 is 0 Å². The van der Waals surface area contributed by atoms with Crippen molar-refractivity contribution in [2.75, 3.05) is 7.11 Å². The average Bonchev–Trinajstić information content (AvgIpc) is 2.37. The van der Waals surface area contributed by atoms with Gasteiger partial charge in [0.2, 0.25) is 0 Å². The molecule has 0 N–H and O–H groups in total. The van der Waals surface area contributed by atoms with E-state index in [2.05, 4.69) is 4.74 Å². The van der Waals surface area contributed by atoms with Crippen LogP contribution in [0.15, 0.2) is 24.3 Å². The second-order valence-corrected chi connectivity index (χ2v) is 4.02. The van der Waals surface area contributed by atoms with E-state index in [-0.39, 0.29) is 5.76 Å². The van der Waals surface area contributed by atoms with Gasteiger partial charge in [-0.1, -0.05) is 0 Å². The molecular formula is C13H11F3O3. The number of benzene rings is 1. The molecule has 0 aromatic heterocycles. The van der Waals surface area contributed by atoms with Crippen molar-refractivity contribution in [3.63, 3.8) is 0 Å². The maximum Gasteiger partial charge on any atom is 0.491 e. The molecule has 0 saturated carbocycles. The summed E-state index contributed by atoms with van der Waals surface area (Å²) in [4.78, 5) is 10.9. The van der Waals surface area contributed by atoms with Crippen LogP contribution in [0.25, 0.3) is 5.76 Å². The van der Waals surface area contributed by atoms with Gasteiger partial charge in [0.05, 0.1) is 7.11 Å². The largest absolute Gasteiger partial charge is 0.497 e. The molecule has 0 amide bonds. The number of aryl methyl sites for hydroxylation is 1. The highest BCUT2D eigenvalue weighted by atomic mass is 19.4. The number of allylic oxidation sites excluding steroid dienone is 1. The molecule has 0 fully saturated rings. The molecule has 0 spiro atoms. The second kappa shape index (κ2) is 4.95. The SMILES string of the molecule is COc1ccc2c(c1)CCC=C2OC(=O)C(F)(F)F. The van der Waals surface area contributed by atoms with Crippen LogP contribution in [0.3, 0.4) is 0 Å². The van der Waals surface area contributed by atoms with Gasteiger partial charge in [-0.15, -0.1) is 0 Å². The Kier molecular flexibility index (Phi) is 3.50. The van der Waals surface area contributed by atoms with Crippen LogP contribution in [0.1, 0.15) is 17.5 Å². The van der Waals surface area contributed by atoms with E-state index in [1.54, 1.807) is 18.2 Å². The van der Waals surface area contributed by atoms with Gasteiger partial charge in [0.1, 0.15) is 11.5 Å². The number of alkyl halides is 3. The first-order chi connectivity index (χ1) is 8.91. The van der Waals surface area contributed by atoms with Gasteiger partial charge in [0, 0.05) is 5.56 Å². The lowest BCUT2D eigenvalue weighted by atomic mass is 9.95. The molecule has 1 aromatic carbocycles. The Bertz CT molecular complexity index is 532. The van der Waals surface area contributed by atoms with E-state index in [1.807, 2.05) is 0 Å². The van der Waals surface area contributed by atoms with Crippen LogP contribution in [0.2, 0.25) is 0 Å². The van der Waals surface area contributed by atoms with E-state index in [4.69, 9.17) is 4.74 Å². The summed E-state index contributed by atoms with van der Waals surface area (Å²) in [5, 5.41) is 0. The van der Waals surface area contributed by atoms with Gasteiger partial charge in [-0.25, -0.2) is 4.79 Å². The van der Waals surface area contributed by atoms with Crippen LogP contribution < -0.4 is 4.74 Å². The van der Waals surface area contributed by atoms with E-state index in [1.165, 1.54) is 13.2 Å². The third kappa shape index (κ3) is 2.89. The summed E-state index contributed by atoms with van der Waals surface area (Å²) in [6.45, 7) is 0. The van der Waals surface area contributed by atoms with Crippen molar-refractivity contribution in [1.82, 2.24) is 0 Å². The van der Waals surface area contributed by atoms with Crippen molar-refractivity contribution >= 4 is 11.7 Å². The number of esters is 1. The molecule has 0 heterocycles. The molecule has 102 valence electrons. The first-order valence-electron chi connectivity index (χ1n) is 5.58. The third-order valence-corrected chi connectivity index (χ3v) is 2.76. The minimum atomic E-state index is -5.00. The number of hydrogen-bond donors (Lipinski definition) is 0. The number of carbonyl (C=O) groups excluding carboxylic acids is 1. The summed E-state index contributed by atoms with van der Waals surface area (Å²) < 4.78 is 46.0. The Morgan fingerprint density at radius 1 is 1.32 bits per heavy atom. The van der Waals surface area contributed by atoms with Crippen LogP contribution in [-0.4, -0.2) is 19.3 Å². The minimum absolute atomic E-state index is 0.0498. The van der Waals surface area contributed by atoms with Crippen molar-refractivity contribution in [1.29, 1.82) is 0 Å². The number of carbonyl (C=O) groups is 1. The number of ether oxygens (including phenoxy) is 2. The molecule has 0 aliphatic heterocycles. The molecule has 0 atom stereocenters. The Balaban J connectivity index is 2.26. The van der Waals surface area contributed by atoms with E-state index < -0.39 is 12.1 Å². The lowest BCUT2D eigenvalue weighted by Crippen LogP contribution is -2.25. The van der Waals surface area contributed by atoms with Crippen LogP contribution in [0.5, 0.6) is 5.75 Å². The monoisotopic (exact) mass is 272 g/mol. The number of rotatable bonds is 2. The highest BCUT2D eigenvalue weighted by molar-refractivity contribution is 5.83. The van der Waals surface area contributed by atoms with E-state index in [9.17, 15) is 18.0 Å². The summed E-state index contributed by atoms with van der Waals surface area (Å²) in [6.07, 6.45) is -2.33. The van der Waals surface area contributed by atoms with Gasteiger partial charge in [-0.3, -0.25) is 0 Å². The number of halogens is 3. The molecule has 1 aliphatic rings. The normalized spacial score (nSPS) is 14.4. The zero-order valence-electron chi connectivity index (χ0n) is 10.1. The zero-order valence-corrected chi connectivity index (χ0v) is 10.1. The van der Waals surface area contributed by atoms with Gasteiger partial charge in [0.25, 0.3) is 0 Å². The van der Waals surface area contributed by atoms with Gasteiger partial charge < -0.3 is 9.47 Å². The predicted molar refractivity (Wildman–Crippen MR) is 61.4 cm³/mol. The highest BCUT2D eigenvalue weighted by Crippen LogP contribution is 2.31. The fraction of sp³-hybridized carbons (Fsp3) is 0.308. The number of methoxy groups -OCH3 is 1. The topological polar surface area (TPSA) is 35.5 Å². The Labute approximate surface area is 107 Å². The molecule has 0 unspecified atom stereocenters. The standard InChI is InChI=1S/C13H11F3O3/c1-18-9-5-6-10-8(7-9)3-2-4-11(10)19-12(17)13(14,15)16/h4-7H,2-3H2,1H3. The molecule has 3 nitrogen and oxygen atoms in total. The first kappa shape index (κ1) is 13.5. The summed E-state index contributed by atoms with van der Waals surface area (Å²) in [7, 11) is 1.50. The van der Waals surface area contributed by atoms with Crippen LogP contribution in [0.4, 0.5) is 13.2 Å². The molecule has 0 bridgehead atoms. The van der Waals surface area contributed by atoms with Crippen molar-refractivity contribution in [2.24, 2.45) is 0 Å². The number of hydrogen-bond acceptors (Lipinski definition) is 3. The van der Waals surface area contributed by atoms with Gasteiger partial charge in [-0.2, -0.15) is 13.2 Å². The fourth-order valence-electron chi connectivity index (χ4n) is 1.87. The summed E-state index contributed by atoms with van der Waals surface area (Å²) in [5.74, 6) is -1.64. The molecule has 0 radical (unpaired) electrons. The molecule has 2 rings (SSSR count). The lowest BCUT2D eigenvalue weighted by molar-refractivity contribution is -0.192. The summed E-state index contributed by atoms with van der Waals surface area (Å²) in [5.41, 5.74) is 1.29. The maximum absolute atomic E-state index is 12.2. The van der Waals surface area contributed by atoms with Crippen LogP contribution in [0, 0.1) is 0 Å². The van der Waals surface area contributed by atoms with E-state index in [0.717, 1.165) is 5.56 Å². The van der Waals surface area contributed by atoms with Crippen molar-refractivity contribution in [3.05, 3.63) is 35.4 Å². The van der Waals surface area contributed by atoms with Gasteiger partial charge in [0.15, 0.2) is 0 Å². The summed E-state index contributed by atoms with van der Waals surface area (Å²) in [6, 6.07) is 4.92. The predicted octanol–water partition coefficient (Wildman–Crippen LogP) is 3.09. The minimum Gasteiger partial charge on any atom is -0.497 e. The second-order valence-electron chi connectivity index (χ2n) is 4.02. The average molecular weight is 272 g/mol. The van der Waals surface area contributed by atoms with Crippen molar-refractivity contribution in [2.45, 2.75) is 19.0 Å². The molecule has 1 aliphatic carbocycles. The molecule has 1 aromatic rings. The molecule has 0 saturated heterocycles. The van der Waals surface area contributed by atoms with Gasteiger partial charge in [-0.05, 0) is 42.7 Å². The van der Waals surface area contributed by atoms with Crippen LogP contribution >= 0.6 is 0 Å².